The second-order valence-electron chi connectivity index (χ2n) is 2.81. The van der Waals surface area contributed by atoms with E-state index in [-0.39, 0.29) is 17.9 Å². The molecule has 0 heterocycles. The molecular formula is C8H17NO2. The summed E-state index contributed by atoms with van der Waals surface area (Å²) in [5.74, 6) is -0.0449. The topological polar surface area (TPSA) is 52.3 Å². The Balaban J connectivity index is 3.63. The van der Waals surface area contributed by atoms with Crippen molar-refractivity contribution in [1.82, 2.24) is 0 Å². The molecule has 0 aliphatic carbocycles. The minimum atomic E-state index is -0.260. The van der Waals surface area contributed by atoms with Gasteiger partial charge < -0.3 is 10.5 Å². The molecule has 0 aromatic rings. The highest BCUT2D eigenvalue weighted by Crippen LogP contribution is 2.10. The lowest BCUT2D eigenvalue weighted by atomic mass is 10.0. The first-order valence-electron chi connectivity index (χ1n) is 3.97. The average molecular weight is 159 g/mol. The van der Waals surface area contributed by atoms with Gasteiger partial charge in [-0.3, -0.25) is 4.79 Å². The summed E-state index contributed by atoms with van der Waals surface area (Å²) in [7, 11) is 0. The van der Waals surface area contributed by atoms with Crippen LogP contribution in [0.25, 0.3) is 0 Å². The van der Waals surface area contributed by atoms with Gasteiger partial charge in [0.05, 0.1) is 6.10 Å². The summed E-state index contributed by atoms with van der Waals surface area (Å²) in [6, 6.07) is 0. The Bertz CT molecular complexity index is 125. The lowest BCUT2D eigenvalue weighted by Crippen LogP contribution is -2.24. The van der Waals surface area contributed by atoms with Gasteiger partial charge in [-0.25, -0.2) is 0 Å². The molecule has 0 radical (unpaired) electrons. The number of hydrogen-bond donors (Lipinski definition) is 1. The van der Waals surface area contributed by atoms with Crippen molar-refractivity contribution in [3.63, 3.8) is 0 Å². The van der Waals surface area contributed by atoms with Gasteiger partial charge in [0.25, 0.3) is 0 Å². The summed E-state index contributed by atoms with van der Waals surface area (Å²) in [5.41, 5.74) is 5.03. The van der Waals surface area contributed by atoms with E-state index in [1.807, 2.05) is 20.8 Å². The van der Waals surface area contributed by atoms with Crippen molar-refractivity contribution in [1.29, 1.82) is 0 Å². The van der Waals surface area contributed by atoms with Crippen LogP contribution in [0.1, 0.15) is 27.2 Å². The van der Waals surface area contributed by atoms with Crippen LogP contribution in [0.2, 0.25) is 0 Å². The molecule has 2 atom stereocenters. The molecule has 0 fully saturated rings. The van der Waals surface area contributed by atoms with E-state index in [9.17, 15) is 4.79 Å². The molecule has 0 spiro atoms. The van der Waals surface area contributed by atoms with Gasteiger partial charge in [0, 0.05) is 13.0 Å². The third kappa shape index (κ3) is 4.79. The molecule has 0 aromatic heterocycles. The molecular weight excluding hydrogens is 142 g/mol. The first kappa shape index (κ1) is 10.4. The zero-order valence-corrected chi connectivity index (χ0v) is 7.46. The molecule has 0 rings (SSSR count). The van der Waals surface area contributed by atoms with E-state index in [2.05, 4.69) is 0 Å². The largest absolute Gasteiger partial charge is 0.379 e. The fourth-order valence-corrected chi connectivity index (χ4v) is 0.910. The van der Waals surface area contributed by atoms with Crippen LogP contribution in [-0.2, 0) is 9.53 Å². The minimum Gasteiger partial charge on any atom is -0.379 e. The maximum absolute atomic E-state index is 10.5. The second-order valence-corrected chi connectivity index (χ2v) is 2.81. The third-order valence-corrected chi connectivity index (χ3v) is 1.75. The Kier molecular flexibility index (Phi) is 4.86. The Morgan fingerprint density at radius 3 is 2.45 bits per heavy atom. The van der Waals surface area contributed by atoms with Crippen LogP contribution in [0.4, 0.5) is 0 Å². The molecule has 66 valence electrons. The van der Waals surface area contributed by atoms with Crippen molar-refractivity contribution >= 4 is 5.91 Å². The molecule has 0 saturated carbocycles. The Hall–Kier alpha value is -0.570. The van der Waals surface area contributed by atoms with Gasteiger partial charge in [-0.1, -0.05) is 6.92 Å². The number of ether oxygens (including phenoxy) is 1. The van der Waals surface area contributed by atoms with Crippen LogP contribution in [0.15, 0.2) is 0 Å². The van der Waals surface area contributed by atoms with Gasteiger partial charge in [-0.2, -0.15) is 0 Å². The summed E-state index contributed by atoms with van der Waals surface area (Å²) in [6.45, 7) is 6.54. The van der Waals surface area contributed by atoms with Crippen LogP contribution in [0, 0.1) is 5.92 Å². The molecule has 3 heteroatoms. The zero-order valence-electron chi connectivity index (χ0n) is 7.46. The van der Waals surface area contributed by atoms with E-state index in [0.29, 0.717) is 13.0 Å². The SMILES string of the molecule is CCOC(C)C(C)CC(N)=O. The van der Waals surface area contributed by atoms with Crippen LogP contribution in [0.5, 0.6) is 0 Å². The van der Waals surface area contributed by atoms with E-state index in [1.54, 1.807) is 0 Å². The quantitative estimate of drug-likeness (QED) is 0.648. The lowest BCUT2D eigenvalue weighted by molar-refractivity contribution is -0.119. The highest BCUT2D eigenvalue weighted by atomic mass is 16.5. The summed E-state index contributed by atoms with van der Waals surface area (Å²) < 4.78 is 5.30. The summed E-state index contributed by atoms with van der Waals surface area (Å²) in [5, 5.41) is 0. The van der Waals surface area contributed by atoms with Crippen LogP contribution in [-0.4, -0.2) is 18.6 Å². The van der Waals surface area contributed by atoms with Crippen molar-refractivity contribution in [2.75, 3.05) is 6.61 Å². The molecule has 0 aliphatic rings. The van der Waals surface area contributed by atoms with Gasteiger partial charge in [0.2, 0.25) is 5.91 Å². The number of carbonyl (C=O) groups is 1. The first-order valence-corrected chi connectivity index (χ1v) is 3.97. The number of hydrogen-bond acceptors (Lipinski definition) is 2. The second kappa shape index (κ2) is 5.13. The Morgan fingerprint density at radius 2 is 2.09 bits per heavy atom. The van der Waals surface area contributed by atoms with E-state index < -0.39 is 0 Å². The zero-order chi connectivity index (χ0) is 8.85. The first-order chi connectivity index (χ1) is 5.07. The predicted molar refractivity (Wildman–Crippen MR) is 44.1 cm³/mol. The standard InChI is InChI=1S/C8H17NO2/c1-4-11-7(3)6(2)5-8(9)10/h6-7H,4-5H2,1-3H3,(H2,9,10). The molecule has 0 aromatic carbocycles. The maximum Gasteiger partial charge on any atom is 0.217 e. The highest BCUT2D eigenvalue weighted by molar-refractivity contribution is 5.73. The molecule has 2 unspecified atom stereocenters. The molecule has 0 bridgehead atoms. The molecule has 11 heavy (non-hydrogen) atoms. The maximum atomic E-state index is 10.5. The van der Waals surface area contributed by atoms with Crippen molar-refractivity contribution in [2.24, 2.45) is 11.7 Å². The van der Waals surface area contributed by atoms with Crippen molar-refractivity contribution in [2.45, 2.75) is 33.3 Å². The van der Waals surface area contributed by atoms with E-state index in [4.69, 9.17) is 10.5 Å². The number of carbonyl (C=O) groups excluding carboxylic acids is 1. The monoisotopic (exact) mass is 159 g/mol. The van der Waals surface area contributed by atoms with E-state index >= 15 is 0 Å². The average Bonchev–Trinajstić information content (AvgIpc) is 1.86. The fraction of sp³-hybridized carbons (Fsp3) is 0.875. The van der Waals surface area contributed by atoms with Crippen molar-refractivity contribution in [3.05, 3.63) is 0 Å². The van der Waals surface area contributed by atoms with Crippen LogP contribution < -0.4 is 5.73 Å². The normalized spacial score (nSPS) is 15.9. The number of amides is 1. The third-order valence-electron chi connectivity index (χ3n) is 1.75. The number of nitrogens with two attached hydrogens (primary N) is 1. The molecule has 0 aliphatic heterocycles. The molecule has 0 saturated heterocycles. The van der Waals surface area contributed by atoms with Gasteiger partial charge in [0.15, 0.2) is 0 Å². The summed E-state index contributed by atoms with van der Waals surface area (Å²) in [4.78, 5) is 10.5. The van der Waals surface area contributed by atoms with Crippen molar-refractivity contribution < 1.29 is 9.53 Å². The van der Waals surface area contributed by atoms with Crippen molar-refractivity contribution in [3.8, 4) is 0 Å². The summed E-state index contributed by atoms with van der Waals surface area (Å²) in [6.07, 6.45) is 0.522. The molecule has 3 nitrogen and oxygen atoms in total. The van der Waals surface area contributed by atoms with Crippen LogP contribution >= 0.6 is 0 Å². The smallest absolute Gasteiger partial charge is 0.217 e. The van der Waals surface area contributed by atoms with Crippen LogP contribution in [0.3, 0.4) is 0 Å². The lowest BCUT2D eigenvalue weighted by Gasteiger charge is -2.17. The summed E-state index contributed by atoms with van der Waals surface area (Å²) >= 11 is 0. The Morgan fingerprint density at radius 1 is 1.55 bits per heavy atom. The number of primary amides is 1. The van der Waals surface area contributed by atoms with E-state index in [1.165, 1.54) is 0 Å². The Labute approximate surface area is 67.9 Å². The predicted octanol–water partition coefficient (Wildman–Crippen LogP) is 0.923. The van der Waals surface area contributed by atoms with Gasteiger partial charge >= 0.3 is 0 Å². The van der Waals surface area contributed by atoms with Gasteiger partial charge in [-0.05, 0) is 19.8 Å². The van der Waals surface area contributed by atoms with E-state index in [0.717, 1.165) is 0 Å². The van der Waals surface area contributed by atoms with Gasteiger partial charge in [-0.15, -0.1) is 0 Å². The highest BCUT2D eigenvalue weighted by Gasteiger charge is 2.13. The number of rotatable bonds is 5. The molecule has 2 N–H and O–H groups in total. The fourth-order valence-electron chi connectivity index (χ4n) is 0.910. The minimum absolute atomic E-state index is 0.118. The van der Waals surface area contributed by atoms with Gasteiger partial charge in [0.1, 0.15) is 0 Å². The molecule has 1 amide bonds.